The normalized spacial score (nSPS) is 16.1. The van der Waals surface area contributed by atoms with E-state index < -0.39 is 0 Å². The van der Waals surface area contributed by atoms with E-state index in [1.165, 1.54) is 17.4 Å². The highest BCUT2D eigenvalue weighted by molar-refractivity contribution is 7.22. The number of ether oxygens (including phenoxy) is 2. The monoisotopic (exact) mass is 469 g/mol. The molecule has 0 bridgehead atoms. The third-order valence-corrected chi connectivity index (χ3v) is 6.81. The second kappa shape index (κ2) is 9.20. The average molecular weight is 470 g/mol. The van der Waals surface area contributed by atoms with Crippen LogP contribution in [0.5, 0.6) is 11.5 Å². The van der Waals surface area contributed by atoms with E-state index in [1.54, 1.807) is 30.3 Å². The van der Waals surface area contributed by atoms with Crippen LogP contribution in [0.15, 0.2) is 36.4 Å². The van der Waals surface area contributed by atoms with Crippen molar-refractivity contribution in [2.75, 3.05) is 57.4 Å². The van der Waals surface area contributed by atoms with E-state index in [9.17, 15) is 14.9 Å². The van der Waals surface area contributed by atoms with Crippen molar-refractivity contribution in [2.24, 2.45) is 0 Å². The first-order valence-corrected chi connectivity index (χ1v) is 11.6. The first kappa shape index (κ1) is 21.4. The lowest BCUT2D eigenvalue weighted by Crippen LogP contribution is -2.48. The van der Waals surface area contributed by atoms with Crippen LogP contribution in [0.25, 0.3) is 10.2 Å². The highest BCUT2D eigenvalue weighted by Gasteiger charge is 2.21. The molecule has 0 spiro atoms. The van der Waals surface area contributed by atoms with Gasteiger partial charge in [0.05, 0.1) is 15.1 Å². The van der Waals surface area contributed by atoms with E-state index in [1.807, 2.05) is 0 Å². The van der Waals surface area contributed by atoms with Gasteiger partial charge in [-0.15, -0.1) is 0 Å². The Morgan fingerprint density at radius 3 is 2.67 bits per heavy atom. The van der Waals surface area contributed by atoms with E-state index in [2.05, 4.69) is 20.1 Å². The number of hydrogen-bond acceptors (Lipinski definition) is 9. The van der Waals surface area contributed by atoms with Gasteiger partial charge in [-0.2, -0.15) is 0 Å². The van der Waals surface area contributed by atoms with Gasteiger partial charge in [-0.1, -0.05) is 11.3 Å². The lowest BCUT2D eigenvalue weighted by Gasteiger charge is -2.34. The minimum atomic E-state index is -0.385. The summed E-state index contributed by atoms with van der Waals surface area (Å²) in [5.41, 5.74) is 1.42. The number of carbonyl (C=O) groups excluding carboxylic acids is 1. The molecule has 0 unspecified atom stereocenters. The first-order chi connectivity index (χ1) is 16.1. The molecule has 10 nitrogen and oxygen atoms in total. The Kier molecular flexibility index (Phi) is 5.97. The van der Waals surface area contributed by atoms with Crippen LogP contribution in [0, 0.1) is 10.1 Å². The van der Waals surface area contributed by atoms with Crippen molar-refractivity contribution in [3.05, 3.63) is 52.1 Å². The molecule has 33 heavy (non-hydrogen) atoms. The molecule has 1 aromatic heterocycles. The number of anilines is 1. The molecular weight excluding hydrogens is 446 g/mol. The van der Waals surface area contributed by atoms with Crippen molar-refractivity contribution >= 4 is 38.3 Å². The molecule has 2 aliphatic heterocycles. The number of non-ortho nitro benzene ring substituents is 1. The third kappa shape index (κ3) is 4.69. The van der Waals surface area contributed by atoms with Gasteiger partial charge in [0, 0.05) is 57.0 Å². The standard InChI is InChI=1S/C22H23N5O5S/c28-21(15-1-4-18-19(13-15)32-12-11-31-18)23-5-6-25-7-9-26(10-8-25)22-24-17-3-2-16(27(29)30)14-20(17)33-22/h1-4,13-14H,5-12H2,(H,23,28). The Bertz CT molecular complexity index is 1190. The molecule has 1 amide bonds. The topological polar surface area (TPSA) is 110 Å². The van der Waals surface area contributed by atoms with Crippen LogP contribution in [-0.4, -0.2) is 73.2 Å². The van der Waals surface area contributed by atoms with Gasteiger partial charge >= 0.3 is 0 Å². The largest absolute Gasteiger partial charge is 0.486 e. The zero-order valence-electron chi connectivity index (χ0n) is 17.9. The number of nitro benzene ring substituents is 1. The molecule has 0 atom stereocenters. The molecule has 1 fully saturated rings. The van der Waals surface area contributed by atoms with E-state index in [0.717, 1.165) is 48.1 Å². The van der Waals surface area contributed by atoms with Crippen molar-refractivity contribution < 1.29 is 19.2 Å². The number of piperazine rings is 1. The van der Waals surface area contributed by atoms with Gasteiger partial charge in [0.25, 0.3) is 11.6 Å². The smallest absolute Gasteiger partial charge is 0.270 e. The van der Waals surface area contributed by atoms with Crippen LogP contribution >= 0.6 is 11.3 Å². The molecule has 0 radical (unpaired) electrons. The van der Waals surface area contributed by atoms with Gasteiger partial charge in [-0.25, -0.2) is 4.98 Å². The van der Waals surface area contributed by atoms with Crippen LogP contribution in [-0.2, 0) is 0 Å². The molecule has 2 aromatic carbocycles. The van der Waals surface area contributed by atoms with Crippen LogP contribution in [0.4, 0.5) is 10.8 Å². The summed E-state index contributed by atoms with van der Waals surface area (Å²) in [6.45, 7) is 5.67. The van der Waals surface area contributed by atoms with Crippen LogP contribution < -0.4 is 19.7 Å². The fourth-order valence-electron chi connectivity index (χ4n) is 3.93. The van der Waals surface area contributed by atoms with E-state index in [-0.39, 0.29) is 16.5 Å². The highest BCUT2D eigenvalue weighted by atomic mass is 32.1. The maximum Gasteiger partial charge on any atom is 0.270 e. The molecule has 172 valence electrons. The van der Waals surface area contributed by atoms with Gasteiger partial charge in [0.1, 0.15) is 13.2 Å². The van der Waals surface area contributed by atoms with Gasteiger partial charge < -0.3 is 19.7 Å². The predicted octanol–water partition coefficient (Wildman–Crippen LogP) is 2.53. The molecule has 1 N–H and O–H groups in total. The molecule has 0 saturated carbocycles. The van der Waals surface area contributed by atoms with E-state index >= 15 is 0 Å². The molecule has 2 aliphatic rings. The minimum Gasteiger partial charge on any atom is -0.486 e. The fraction of sp³-hybridized carbons (Fsp3) is 0.364. The number of rotatable bonds is 6. The van der Waals surface area contributed by atoms with Gasteiger partial charge in [-0.05, 0) is 24.3 Å². The number of hydrogen-bond donors (Lipinski definition) is 1. The second-order valence-corrected chi connectivity index (χ2v) is 8.86. The summed E-state index contributed by atoms with van der Waals surface area (Å²) in [5.74, 6) is 1.14. The number of benzene rings is 2. The minimum absolute atomic E-state index is 0.0841. The SMILES string of the molecule is O=C(NCCN1CCN(c2nc3ccc([N+](=O)[O-])cc3s2)CC1)c1ccc2c(c1)OCCO2. The molecule has 3 aromatic rings. The zero-order valence-corrected chi connectivity index (χ0v) is 18.7. The maximum atomic E-state index is 12.5. The average Bonchev–Trinajstić information content (AvgIpc) is 3.27. The number of nitrogens with zero attached hydrogens (tertiary/aromatic N) is 4. The number of aromatic nitrogens is 1. The first-order valence-electron chi connectivity index (χ1n) is 10.8. The number of nitro groups is 1. The zero-order chi connectivity index (χ0) is 22.8. The van der Waals surface area contributed by atoms with Gasteiger partial charge in [0.15, 0.2) is 16.6 Å². The summed E-state index contributed by atoms with van der Waals surface area (Å²) in [6.07, 6.45) is 0. The van der Waals surface area contributed by atoms with Crippen LogP contribution in [0.2, 0.25) is 0 Å². The molecule has 0 aliphatic carbocycles. The summed E-state index contributed by atoms with van der Waals surface area (Å²) in [4.78, 5) is 32.2. The molecule has 1 saturated heterocycles. The van der Waals surface area contributed by atoms with Crippen LogP contribution in [0.1, 0.15) is 10.4 Å². The highest BCUT2D eigenvalue weighted by Crippen LogP contribution is 2.32. The number of thiazole rings is 1. The third-order valence-electron chi connectivity index (χ3n) is 5.73. The maximum absolute atomic E-state index is 12.5. The Morgan fingerprint density at radius 2 is 1.88 bits per heavy atom. The van der Waals surface area contributed by atoms with Crippen molar-refractivity contribution in [3.8, 4) is 11.5 Å². The quantitative estimate of drug-likeness (QED) is 0.433. The molecule has 3 heterocycles. The van der Waals surface area contributed by atoms with Gasteiger partial charge in [0.2, 0.25) is 0 Å². The van der Waals surface area contributed by atoms with E-state index in [0.29, 0.717) is 36.8 Å². The molecular formula is C22H23N5O5S. The fourth-order valence-corrected chi connectivity index (χ4v) is 4.98. The molecule has 5 rings (SSSR count). The molecule has 11 heteroatoms. The van der Waals surface area contributed by atoms with Crippen molar-refractivity contribution in [1.29, 1.82) is 0 Å². The summed E-state index contributed by atoms with van der Waals surface area (Å²) >= 11 is 1.48. The summed E-state index contributed by atoms with van der Waals surface area (Å²) in [5, 5.41) is 14.9. The Labute approximate surface area is 193 Å². The second-order valence-electron chi connectivity index (χ2n) is 7.85. The summed E-state index contributed by atoms with van der Waals surface area (Å²) < 4.78 is 11.9. The number of nitrogens with one attached hydrogen (secondary N) is 1. The van der Waals surface area contributed by atoms with Crippen LogP contribution in [0.3, 0.4) is 0 Å². The van der Waals surface area contributed by atoms with Crippen molar-refractivity contribution in [1.82, 2.24) is 15.2 Å². The Morgan fingerprint density at radius 1 is 1.09 bits per heavy atom. The lowest BCUT2D eigenvalue weighted by molar-refractivity contribution is -0.384. The number of amides is 1. The predicted molar refractivity (Wildman–Crippen MR) is 125 cm³/mol. The van der Waals surface area contributed by atoms with E-state index in [4.69, 9.17) is 9.47 Å². The Hall–Kier alpha value is -3.44. The lowest BCUT2D eigenvalue weighted by atomic mass is 10.2. The number of fused-ring (bicyclic) bond motifs is 2. The van der Waals surface area contributed by atoms with Crippen molar-refractivity contribution in [2.45, 2.75) is 0 Å². The Balaban J connectivity index is 1.10. The number of carbonyl (C=O) groups is 1. The van der Waals surface area contributed by atoms with Gasteiger partial charge in [-0.3, -0.25) is 19.8 Å². The van der Waals surface area contributed by atoms with Crippen molar-refractivity contribution in [3.63, 3.8) is 0 Å². The summed E-state index contributed by atoms with van der Waals surface area (Å²) in [7, 11) is 0. The summed E-state index contributed by atoms with van der Waals surface area (Å²) in [6, 6.07) is 10.0.